The van der Waals surface area contributed by atoms with Crippen LogP contribution in [-0.2, 0) is 15.9 Å². The van der Waals surface area contributed by atoms with Crippen molar-refractivity contribution in [2.45, 2.75) is 19.0 Å². The number of aromatic nitrogens is 4. The molecule has 29 heavy (non-hydrogen) atoms. The van der Waals surface area contributed by atoms with Crippen LogP contribution in [0.1, 0.15) is 40.1 Å². The summed E-state index contributed by atoms with van der Waals surface area (Å²) in [7, 11) is 1.45. The van der Waals surface area contributed by atoms with E-state index in [1.54, 1.807) is 16.8 Å². The Balaban J connectivity index is 1.62. The Morgan fingerprint density at radius 2 is 2.14 bits per heavy atom. The van der Waals surface area contributed by atoms with Crippen molar-refractivity contribution in [1.29, 1.82) is 0 Å². The summed E-state index contributed by atoms with van der Waals surface area (Å²) < 4.78 is 43.8. The topological polar surface area (TPSA) is 87.8 Å². The summed E-state index contributed by atoms with van der Waals surface area (Å²) in [6.45, 7) is 1.43. The number of fused-ring (bicyclic) bond motifs is 1. The lowest BCUT2D eigenvalue weighted by Gasteiger charge is -2.20. The standard InChI is InChI=1S/C19H18F2N4O4/c1-27-19-18-24-14(16-10-28-5-6-29-16)9-25(18)8-11(22-19)7-15(26)12-3-2-4-13(23-12)17(20)21/h2-4,8-9,16-17H,5-7,10H2,1H3. The number of pyridine rings is 1. The van der Waals surface area contributed by atoms with E-state index in [0.717, 1.165) is 0 Å². The molecule has 0 aliphatic carbocycles. The fourth-order valence-electron chi connectivity index (χ4n) is 3.06. The van der Waals surface area contributed by atoms with Gasteiger partial charge in [0.2, 0.25) is 5.65 Å². The van der Waals surface area contributed by atoms with Crippen molar-refractivity contribution in [2.75, 3.05) is 26.9 Å². The number of rotatable bonds is 6. The predicted octanol–water partition coefficient (Wildman–Crippen LogP) is 2.58. The summed E-state index contributed by atoms with van der Waals surface area (Å²) in [5.74, 6) is -0.182. The van der Waals surface area contributed by atoms with Gasteiger partial charge >= 0.3 is 0 Å². The molecule has 0 aromatic carbocycles. The van der Waals surface area contributed by atoms with E-state index >= 15 is 0 Å². The zero-order chi connectivity index (χ0) is 20.4. The molecule has 8 nitrogen and oxygen atoms in total. The van der Waals surface area contributed by atoms with E-state index in [0.29, 0.717) is 36.9 Å². The minimum absolute atomic E-state index is 0.0391. The molecule has 4 rings (SSSR count). The van der Waals surface area contributed by atoms with Crippen LogP contribution in [0.3, 0.4) is 0 Å². The fourth-order valence-corrected chi connectivity index (χ4v) is 3.06. The van der Waals surface area contributed by atoms with Crippen molar-refractivity contribution in [1.82, 2.24) is 19.4 Å². The minimum Gasteiger partial charge on any atom is -0.478 e. The Bertz CT molecular complexity index is 1030. The average molecular weight is 404 g/mol. The Labute approximate surface area is 164 Å². The van der Waals surface area contributed by atoms with Crippen LogP contribution in [0.5, 0.6) is 5.88 Å². The largest absolute Gasteiger partial charge is 0.478 e. The van der Waals surface area contributed by atoms with Gasteiger partial charge in [0.25, 0.3) is 12.3 Å². The number of methoxy groups -OCH3 is 1. The van der Waals surface area contributed by atoms with E-state index in [2.05, 4.69) is 15.0 Å². The molecule has 1 fully saturated rings. The van der Waals surface area contributed by atoms with Crippen LogP contribution in [0.4, 0.5) is 8.78 Å². The van der Waals surface area contributed by atoms with E-state index in [1.165, 1.54) is 25.3 Å². The van der Waals surface area contributed by atoms with Crippen LogP contribution in [0.2, 0.25) is 0 Å². The average Bonchev–Trinajstić information content (AvgIpc) is 3.18. The van der Waals surface area contributed by atoms with Gasteiger partial charge in [-0.15, -0.1) is 0 Å². The Morgan fingerprint density at radius 1 is 1.28 bits per heavy atom. The maximum Gasteiger partial charge on any atom is 0.280 e. The zero-order valence-electron chi connectivity index (χ0n) is 15.5. The van der Waals surface area contributed by atoms with Crippen molar-refractivity contribution in [3.63, 3.8) is 0 Å². The Morgan fingerprint density at radius 3 is 2.86 bits per heavy atom. The zero-order valence-corrected chi connectivity index (χ0v) is 15.5. The van der Waals surface area contributed by atoms with Gasteiger partial charge in [-0.2, -0.15) is 0 Å². The van der Waals surface area contributed by atoms with Gasteiger partial charge < -0.3 is 18.6 Å². The minimum atomic E-state index is -2.74. The van der Waals surface area contributed by atoms with Crippen molar-refractivity contribution in [3.05, 3.63) is 53.4 Å². The third-order valence-corrected chi connectivity index (χ3v) is 4.44. The summed E-state index contributed by atoms with van der Waals surface area (Å²) in [6.07, 6.45) is 0.255. The van der Waals surface area contributed by atoms with Crippen molar-refractivity contribution >= 4 is 11.4 Å². The number of ether oxygens (including phenoxy) is 3. The summed E-state index contributed by atoms with van der Waals surface area (Å²) in [4.78, 5) is 25.1. The molecule has 1 saturated heterocycles. The number of imidazole rings is 1. The lowest BCUT2D eigenvalue weighted by molar-refractivity contribution is -0.0916. The molecule has 0 bridgehead atoms. The number of alkyl halides is 2. The highest BCUT2D eigenvalue weighted by molar-refractivity contribution is 5.95. The number of hydrogen-bond donors (Lipinski definition) is 0. The van der Waals surface area contributed by atoms with E-state index in [-0.39, 0.29) is 24.1 Å². The first kappa shape index (κ1) is 19.3. The number of ketones is 1. The van der Waals surface area contributed by atoms with Crippen molar-refractivity contribution in [3.8, 4) is 5.88 Å². The molecular formula is C19H18F2N4O4. The summed E-state index contributed by atoms with van der Waals surface area (Å²) in [5.41, 5.74) is 1.06. The lowest BCUT2D eigenvalue weighted by atomic mass is 10.1. The van der Waals surface area contributed by atoms with Gasteiger partial charge in [-0.25, -0.2) is 23.7 Å². The molecule has 0 saturated carbocycles. The second-order valence-electron chi connectivity index (χ2n) is 6.42. The molecule has 1 unspecified atom stereocenters. The number of carbonyl (C=O) groups excluding carboxylic acids is 1. The summed E-state index contributed by atoms with van der Waals surface area (Å²) >= 11 is 0. The lowest BCUT2D eigenvalue weighted by Crippen LogP contribution is -2.22. The maximum absolute atomic E-state index is 12.8. The highest BCUT2D eigenvalue weighted by Gasteiger charge is 2.22. The quantitative estimate of drug-likeness (QED) is 0.584. The molecule has 4 heterocycles. The maximum atomic E-state index is 12.8. The van der Waals surface area contributed by atoms with Crippen LogP contribution in [0.25, 0.3) is 5.65 Å². The van der Waals surface area contributed by atoms with Gasteiger partial charge in [0.05, 0.1) is 44.7 Å². The number of carbonyl (C=O) groups is 1. The van der Waals surface area contributed by atoms with E-state index in [9.17, 15) is 13.6 Å². The van der Waals surface area contributed by atoms with Crippen LogP contribution >= 0.6 is 0 Å². The second-order valence-corrected chi connectivity index (χ2v) is 6.42. The Hall–Kier alpha value is -2.98. The third kappa shape index (κ3) is 4.08. The SMILES string of the molecule is COc1nc(CC(=O)c2cccc(C(F)F)n2)cn2cc(C3COCCO3)nc12. The third-order valence-electron chi connectivity index (χ3n) is 4.44. The van der Waals surface area contributed by atoms with Crippen LogP contribution in [-0.4, -0.2) is 52.1 Å². The molecule has 3 aromatic heterocycles. The van der Waals surface area contributed by atoms with Gasteiger partial charge in [0, 0.05) is 12.4 Å². The normalized spacial score (nSPS) is 17.0. The van der Waals surface area contributed by atoms with Crippen molar-refractivity contribution in [2.24, 2.45) is 0 Å². The summed E-state index contributed by atoms with van der Waals surface area (Å²) in [5, 5.41) is 0. The van der Waals surface area contributed by atoms with E-state index < -0.39 is 17.9 Å². The van der Waals surface area contributed by atoms with Gasteiger partial charge in [0.1, 0.15) is 17.5 Å². The number of Topliss-reactive ketones (excluding diaryl/α,β-unsaturated/α-hetero) is 1. The van der Waals surface area contributed by atoms with E-state index in [1.807, 2.05) is 0 Å². The smallest absolute Gasteiger partial charge is 0.280 e. The number of nitrogens with zero attached hydrogens (tertiary/aromatic N) is 4. The molecule has 0 radical (unpaired) electrons. The molecule has 0 N–H and O–H groups in total. The summed E-state index contributed by atoms with van der Waals surface area (Å²) in [6, 6.07) is 3.96. The van der Waals surface area contributed by atoms with Gasteiger partial charge in [0.15, 0.2) is 5.78 Å². The van der Waals surface area contributed by atoms with Crippen LogP contribution in [0, 0.1) is 0 Å². The van der Waals surface area contributed by atoms with Crippen LogP contribution in [0.15, 0.2) is 30.6 Å². The first-order valence-electron chi connectivity index (χ1n) is 8.95. The molecule has 1 aliphatic heterocycles. The first-order valence-corrected chi connectivity index (χ1v) is 8.95. The molecule has 1 aliphatic rings. The Kier molecular flexibility index (Phi) is 5.45. The molecule has 152 valence electrons. The number of halogens is 2. The van der Waals surface area contributed by atoms with Gasteiger partial charge in [-0.05, 0) is 12.1 Å². The molecular weight excluding hydrogens is 386 g/mol. The monoisotopic (exact) mass is 404 g/mol. The number of hydrogen-bond acceptors (Lipinski definition) is 7. The first-order chi connectivity index (χ1) is 14.0. The van der Waals surface area contributed by atoms with Crippen LogP contribution < -0.4 is 4.74 Å². The highest BCUT2D eigenvalue weighted by Crippen LogP contribution is 2.24. The molecule has 1 atom stereocenters. The highest BCUT2D eigenvalue weighted by atomic mass is 19.3. The molecule has 10 heteroatoms. The van der Waals surface area contributed by atoms with E-state index in [4.69, 9.17) is 14.2 Å². The predicted molar refractivity (Wildman–Crippen MR) is 96.3 cm³/mol. The van der Waals surface area contributed by atoms with Gasteiger partial charge in [-0.1, -0.05) is 6.07 Å². The van der Waals surface area contributed by atoms with Crippen molar-refractivity contribution < 1.29 is 27.8 Å². The second kappa shape index (κ2) is 8.18. The fraction of sp³-hybridized carbons (Fsp3) is 0.368. The van der Waals surface area contributed by atoms with Gasteiger partial charge in [-0.3, -0.25) is 4.79 Å². The molecule has 3 aromatic rings. The molecule has 0 amide bonds. The molecule has 0 spiro atoms.